The van der Waals surface area contributed by atoms with E-state index in [-0.39, 0.29) is 0 Å². The van der Waals surface area contributed by atoms with Gasteiger partial charge in [-0.15, -0.1) is 11.3 Å². The van der Waals surface area contributed by atoms with Gasteiger partial charge in [-0.1, -0.05) is 20.8 Å². The van der Waals surface area contributed by atoms with E-state index < -0.39 is 5.97 Å². The Hall–Kier alpha value is -0.900. The zero-order chi connectivity index (χ0) is 14.2. The van der Waals surface area contributed by atoms with Crippen LogP contribution in [0.25, 0.3) is 0 Å². The van der Waals surface area contributed by atoms with Crippen LogP contribution in [0.4, 0.5) is 0 Å². The minimum absolute atomic E-state index is 0.293. The number of hydrogen-bond acceptors (Lipinski definition) is 3. The molecule has 3 nitrogen and oxygen atoms in total. The third-order valence-electron chi connectivity index (χ3n) is 4.29. The smallest absolute Gasteiger partial charge is 0.355 e. The first-order valence-corrected chi connectivity index (χ1v) is 7.81. The molecular weight excluding hydrogens is 258 g/mol. The van der Waals surface area contributed by atoms with Crippen molar-refractivity contribution in [3.63, 3.8) is 0 Å². The van der Waals surface area contributed by atoms with Gasteiger partial charge in [-0.25, -0.2) is 9.78 Å². The van der Waals surface area contributed by atoms with Crippen molar-refractivity contribution in [2.24, 2.45) is 11.3 Å². The number of carboxylic acid groups (broad SMARTS) is 1. The molecule has 0 spiro atoms. The highest BCUT2D eigenvalue weighted by molar-refractivity contribution is 7.12. The SMILES string of the molecule is Cc1nc(C(=O)O)c(C2CCC(C(C)(C)C)CC2)s1. The minimum Gasteiger partial charge on any atom is -0.476 e. The van der Waals surface area contributed by atoms with Gasteiger partial charge in [0.15, 0.2) is 5.69 Å². The summed E-state index contributed by atoms with van der Waals surface area (Å²) in [5.74, 6) is 0.277. The number of aromatic nitrogens is 1. The summed E-state index contributed by atoms with van der Waals surface area (Å²) in [4.78, 5) is 16.4. The lowest BCUT2D eigenvalue weighted by Gasteiger charge is -2.36. The maximum absolute atomic E-state index is 11.2. The number of aromatic carboxylic acids is 1. The molecule has 0 bridgehead atoms. The summed E-state index contributed by atoms with van der Waals surface area (Å²) < 4.78 is 0. The van der Waals surface area contributed by atoms with Crippen molar-refractivity contribution in [3.8, 4) is 0 Å². The monoisotopic (exact) mass is 281 g/mol. The molecule has 1 fully saturated rings. The summed E-state index contributed by atoms with van der Waals surface area (Å²) in [6.45, 7) is 8.80. The average molecular weight is 281 g/mol. The minimum atomic E-state index is -0.878. The van der Waals surface area contributed by atoms with E-state index >= 15 is 0 Å². The van der Waals surface area contributed by atoms with Crippen molar-refractivity contribution in [1.29, 1.82) is 0 Å². The van der Waals surface area contributed by atoms with Crippen molar-refractivity contribution < 1.29 is 9.90 Å². The van der Waals surface area contributed by atoms with E-state index in [0.29, 0.717) is 17.0 Å². The molecule has 0 amide bonds. The largest absolute Gasteiger partial charge is 0.476 e. The van der Waals surface area contributed by atoms with Gasteiger partial charge in [0.2, 0.25) is 0 Å². The van der Waals surface area contributed by atoms with Crippen LogP contribution in [-0.2, 0) is 0 Å². The Labute approximate surface area is 119 Å². The summed E-state index contributed by atoms with van der Waals surface area (Å²) >= 11 is 1.57. The van der Waals surface area contributed by atoms with E-state index in [1.54, 1.807) is 11.3 Å². The fourth-order valence-electron chi connectivity index (χ4n) is 3.09. The summed E-state index contributed by atoms with van der Waals surface area (Å²) in [5.41, 5.74) is 0.659. The molecule has 1 N–H and O–H groups in total. The van der Waals surface area contributed by atoms with Crippen LogP contribution in [-0.4, -0.2) is 16.1 Å². The highest BCUT2D eigenvalue weighted by atomic mass is 32.1. The fourth-order valence-corrected chi connectivity index (χ4v) is 4.18. The van der Waals surface area contributed by atoms with Crippen LogP contribution in [0, 0.1) is 18.3 Å². The molecule has 1 aliphatic carbocycles. The Balaban J connectivity index is 2.12. The molecule has 0 aromatic carbocycles. The zero-order valence-corrected chi connectivity index (χ0v) is 13.0. The molecule has 0 atom stereocenters. The predicted octanol–water partition coefficient (Wildman–Crippen LogP) is 4.47. The van der Waals surface area contributed by atoms with Gasteiger partial charge >= 0.3 is 5.97 Å². The first kappa shape index (κ1) is 14.5. The van der Waals surface area contributed by atoms with Crippen molar-refractivity contribution in [2.45, 2.75) is 59.3 Å². The van der Waals surface area contributed by atoms with Crippen LogP contribution < -0.4 is 0 Å². The summed E-state index contributed by atoms with van der Waals surface area (Å²) in [7, 11) is 0. The second-order valence-corrected chi connectivity index (χ2v) is 7.90. The molecule has 1 aromatic heterocycles. The quantitative estimate of drug-likeness (QED) is 0.870. The Morgan fingerprint density at radius 1 is 1.26 bits per heavy atom. The van der Waals surface area contributed by atoms with Gasteiger partial charge in [-0.05, 0) is 49.9 Å². The van der Waals surface area contributed by atoms with Gasteiger partial charge in [0.1, 0.15) is 0 Å². The molecule has 0 radical (unpaired) electrons. The number of thiazole rings is 1. The summed E-state index contributed by atoms with van der Waals surface area (Å²) in [6.07, 6.45) is 4.60. The predicted molar refractivity (Wildman–Crippen MR) is 78.0 cm³/mol. The van der Waals surface area contributed by atoms with E-state index in [4.69, 9.17) is 0 Å². The number of nitrogens with zero attached hydrogens (tertiary/aromatic N) is 1. The number of aryl methyl sites for hydroxylation is 1. The van der Waals surface area contributed by atoms with Gasteiger partial charge < -0.3 is 5.11 Å². The van der Waals surface area contributed by atoms with E-state index in [1.165, 1.54) is 12.8 Å². The molecule has 1 heterocycles. The molecule has 0 unspecified atom stereocenters. The maximum Gasteiger partial charge on any atom is 0.355 e. The van der Waals surface area contributed by atoms with Crippen LogP contribution in [0.3, 0.4) is 0 Å². The van der Waals surface area contributed by atoms with E-state index in [2.05, 4.69) is 25.8 Å². The first-order valence-electron chi connectivity index (χ1n) is 6.99. The lowest BCUT2D eigenvalue weighted by atomic mass is 9.69. The van der Waals surface area contributed by atoms with Crippen LogP contribution in [0.15, 0.2) is 0 Å². The van der Waals surface area contributed by atoms with Gasteiger partial charge in [0.25, 0.3) is 0 Å². The molecule has 106 valence electrons. The Morgan fingerprint density at radius 3 is 2.32 bits per heavy atom. The third kappa shape index (κ3) is 3.16. The Bertz CT molecular complexity index is 465. The summed E-state index contributed by atoms with van der Waals surface area (Å²) in [6, 6.07) is 0. The van der Waals surface area contributed by atoms with E-state index in [9.17, 15) is 9.90 Å². The summed E-state index contributed by atoms with van der Waals surface area (Å²) in [5, 5.41) is 10.1. The Morgan fingerprint density at radius 2 is 1.84 bits per heavy atom. The van der Waals surface area contributed by atoms with E-state index in [1.807, 2.05) is 6.92 Å². The third-order valence-corrected chi connectivity index (χ3v) is 5.42. The molecule has 1 aliphatic rings. The van der Waals surface area contributed by atoms with Crippen molar-refractivity contribution in [2.75, 3.05) is 0 Å². The first-order chi connectivity index (χ1) is 8.79. The molecular formula is C15H23NO2S. The average Bonchev–Trinajstić information content (AvgIpc) is 2.70. The lowest BCUT2D eigenvalue weighted by Crippen LogP contribution is -2.25. The zero-order valence-electron chi connectivity index (χ0n) is 12.2. The number of rotatable bonds is 2. The highest BCUT2D eigenvalue weighted by Crippen LogP contribution is 2.45. The second-order valence-electron chi connectivity index (χ2n) is 6.67. The Kier molecular flexibility index (Phi) is 4.00. The maximum atomic E-state index is 11.2. The van der Waals surface area contributed by atoms with Gasteiger partial charge in [-0.3, -0.25) is 0 Å². The van der Waals surface area contributed by atoms with Crippen molar-refractivity contribution in [1.82, 2.24) is 4.98 Å². The lowest BCUT2D eigenvalue weighted by molar-refractivity contribution is 0.0688. The molecule has 1 aromatic rings. The number of carbonyl (C=O) groups is 1. The van der Waals surface area contributed by atoms with Crippen LogP contribution in [0.5, 0.6) is 0 Å². The molecule has 4 heteroatoms. The second kappa shape index (κ2) is 5.23. The highest BCUT2D eigenvalue weighted by Gasteiger charge is 2.32. The van der Waals surface area contributed by atoms with Gasteiger partial charge in [0, 0.05) is 4.88 Å². The van der Waals surface area contributed by atoms with Crippen molar-refractivity contribution in [3.05, 3.63) is 15.6 Å². The van der Waals surface area contributed by atoms with Crippen molar-refractivity contribution >= 4 is 17.3 Å². The van der Waals surface area contributed by atoms with Crippen LogP contribution >= 0.6 is 11.3 Å². The number of carboxylic acids is 1. The molecule has 0 aliphatic heterocycles. The van der Waals surface area contributed by atoms with Gasteiger partial charge in [0.05, 0.1) is 5.01 Å². The van der Waals surface area contributed by atoms with Gasteiger partial charge in [-0.2, -0.15) is 0 Å². The topological polar surface area (TPSA) is 50.2 Å². The number of hydrogen-bond donors (Lipinski definition) is 1. The van der Waals surface area contributed by atoms with Crippen LogP contribution in [0.1, 0.15) is 72.7 Å². The fraction of sp³-hybridized carbons (Fsp3) is 0.733. The van der Waals surface area contributed by atoms with Crippen LogP contribution in [0.2, 0.25) is 0 Å². The molecule has 2 rings (SSSR count). The standard InChI is InChI=1S/C15H23NO2S/c1-9-16-12(14(17)18)13(19-9)10-5-7-11(8-6-10)15(2,3)4/h10-11H,5-8H2,1-4H3,(H,17,18). The molecule has 1 saturated carbocycles. The van der Waals surface area contributed by atoms with E-state index in [0.717, 1.165) is 28.6 Å². The molecule has 0 saturated heterocycles. The normalized spacial score (nSPS) is 24.4. The molecule has 19 heavy (non-hydrogen) atoms.